The number of hydrogen-bond acceptors (Lipinski definition) is 10. The van der Waals surface area contributed by atoms with Crippen molar-refractivity contribution in [2.75, 3.05) is 19.4 Å². The number of hydrogen-bond donors (Lipinski definition) is 2. The predicted octanol–water partition coefficient (Wildman–Crippen LogP) is 5.41. The molecule has 13 nitrogen and oxygen atoms in total. The van der Waals surface area contributed by atoms with Gasteiger partial charge in [-0.2, -0.15) is 0 Å². The van der Waals surface area contributed by atoms with Gasteiger partial charge in [0.2, 0.25) is 26.0 Å². The number of sulfonamides is 2. The Morgan fingerprint density at radius 1 is 0.811 bits per heavy atom. The highest BCUT2D eigenvalue weighted by Gasteiger charge is 2.39. The van der Waals surface area contributed by atoms with E-state index in [0.29, 0.717) is 12.4 Å². The van der Waals surface area contributed by atoms with Gasteiger partial charge in [-0.3, -0.25) is 9.10 Å². The number of amides is 1. The number of fused-ring (bicyclic) bond motifs is 1. The molecule has 0 spiro atoms. The number of benzene rings is 5. The highest BCUT2D eigenvalue weighted by atomic mass is 35.5. The van der Waals surface area contributed by atoms with Crippen molar-refractivity contribution < 1.29 is 39.5 Å². The maximum atomic E-state index is 14.0. The summed E-state index contributed by atoms with van der Waals surface area (Å²) in [5.41, 5.74) is 0.903. The van der Waals surface area contributed by atoms with Crippen LogP contribution in [0.1, 0.15) is 5.56 Å². The largest absolute Gasteiger partial charge is 0.489 e. The fourth-order valence-electron chi connectivity index (χ4n) is 5.19. The van der Waals surface area contributed by atoms with E-state index in [0.717, 1.165) is 15.9 Å². The minimum absolute atomic E-state index is 0.0111. The lowest BCUT2D eigenvalue weighted by Gasteiger charge is -2.30. The molecule has 1 unspecified atom stereocenters. The Hall–Kier alpha value is -5.26. The van der Waals surface area contributed by atoms with Crippen molar-refractivity contribution in [3.63, 3.8) is 0 Å². The Kier molecular flexibility index (Phi) is 10.6. The molecule has 0 aromatic heterocycles. The van der Waals surface area contributed by atoms with Crippen molar-refractivity contribution in [3.05, 3.63) is 132 Å². The Morgan fingerprint density at radius 2 is 1.40 bits per heavy atom. The summed E-state index contributed by atoms with van der Waals surface area (Å²) < 4.78 is 93.7. The van der Waals surface area contributed by atoms with Crippen LogP contribution in [0.15, 0.2) is 146 Å². The second-order valence-electron chi connectivity index (χ2n) is 11.5. The van der Waals surface area contributed by atoms with Gasteiger partial charge in [0, 0.05) is 7.05 Å². The molecule has 274 valence electrons. The SMILES string of the molecule is CNS(=O)(=O)c1ccc(Cl)c(NC(=O)C(Oc2ccc(S(=O)(=O)c3ccc(OCc4ccccc4)cc3)cc2)C2=Nc3ccccc3S(=O)(=O)N2C)c1. The number of halogens is 1. The molecule has 1 heterocycles. The molecular weight excluding hydrogens is 764 g/mol. The maximum absolute atomic E-state index is 14.0. The predicted molar refractivity (Wildman–Crippen MR) is 198 cm³/mol. The van der Waals surface area contributed by atoms with E-state index >= 15 is 0 Å². The number of amidine groups is 1. The van der Waals surface area contributed by atoms with Crippen molar-refractivity contribution in [1.29, 1.82) is 0 Å². The van der Waals surface area contributed by atoms with Crippen LogP contribution in [-0.4, -0.2) is 61.5 Å². The molecule has 0 radical (unpaired) electrons. The van der Waals surface area contributed by atoms with Gasteiger partial charge in [-0.15, -0.1) is 0 Å². The van der Waals surface area contributed by atoms with E-state index in [1.54, 1.807) is 18.2 Å². The zero-order valence-electron chi connectivity index (χ0n) is 28.0. The molecule has 0 fully saturated rings. The van der Waals surface area contributed by atoms with Crippen molar-refractivity contribution in [2.24, 2.45) is 4.99 Å². The number of nitrogens with zero attached hydrogens (tertiary/aromatic N) is 2. The highest BCUT2D eigenvalue weighted by Crippen LogP contribution is 2.34. The molecule has 1 amide bonds. The second kappa shape index (κ2) is 15.0. The standard InChI is InChI=1S/C36H31ClN4O9S3/c1-38-52(45,46)29-20-21-30(37)32(22-29)40-36(42)34(35-39-31-10-6-7-11-33(31)53(47,48)41(35)2)50-26-14-18-28(19-15-26)51(43,44)27-16-12-25(13-17-27)49-23-24-8-4-3-5-9-24/h3-22,34,38H,23H2,1-2H3,(H,40,42). The van der Waals surface area contributed by atoms with Crippen molar-refractivity contribution in [3.8, 4) is 11.5 Å². The van der Waals surface area contributed by atoms with Gasteiger partial charge >= 0.3 is 0 Å². The average Bonchev–Trinajstić information content (AvgIpc) is 3.16. The van der Waals surface area contributed by atoms with Crippen LogP contribution in [0.5, 0.6) is 11.5 Å². The molecule has 1 aliphatic heterocycles. The molecule has 1 atom stereocenters. The van der Waals surface area contributed by atoms with E-state index < -0.39 is 41.9 Å². The zero-order chi connectivity index (χ0) is 38.0. The lowest BCUT2D eigenvalue weighted by atomic mass is 10.2. The van der Waals surface area contributed by atoms with Gasteiger partial charge in [0.25, 0.3) is 15.9 Å². The normalized spacial score (nSPS) is 14.4. The quantitative estimate of drug-likeness (QED) is 0.167. The third kappa shape index (κ3) is 7.91. The number of ether oxygens (including phenoxy) is 2. The first-order chi connectivity index (χ1) is 25.2. The summed E-state index contributed by atoms with van der Waals surface area (Å²) in [5, 5.41) is 2.50. The monoisotopic (exact) mass is 794 g/mol. The van der Waals surface area contributed by atoms with Crippen LogP contribution in [-0.2, 0) is 41.3 Å². The number of nitrogens with one attached hydrogen (secondary N) is 2. The van der Waals surface area contributed by atoms with E-state index in [1.165, 1.54) is 80.8 Å². The van der Waals surface area contributed by atoms with Crippen molar-refractivity contribution in [2.45, 2.75) is 32.3 Å². The first kappa shape index (κ1) is 37.5. The fourth-order valence-corrected chi connectivity index (χ4v) is 8.68. The molecular formula is C36H31ClN4O9S3. The van der Waals surface area contributed by atoms with Gasteiger partial charge in [-0.25, -0.2) is 35.0 Å². The van der Waals surface area contributed by atoms with E-state index in [9.17, 15) is 30.0 Å². The lowest BCUT2D eigenvalue weighted by molar-refractivity contribution is -0.120. The molecule has 1 aliphatic rings. The minimum atomic E-state index is -4.19. The summed E-state index contributed by atoms with van der Waals surface area (Å²) in [5.74, 6) is -0.823. The maximum Gasteiger partial charge on any atom is 0.273 e. The van der Waals surface area contributed by atoms with Gasteiger partial charge < -0.3 is 14.8 Å². The first-order valence-electron chi connectivity index (χ1n) is 15.7. The summed E-state index contributed by atoms with van der Waals surface area (Å²) >= 11 is 6.31. The topological polar surface area (TPSA) is 178 Å². The third-order valence-corrected chi connectivity index (χ3v) is 13.4. The van der Waals surface area contributed by atoms with Gasteiger partial charge in [-0.1, -0.05) is 54.1 Å². The summed E-state index contributed by atoms with van der Waals surface area (Å²) in [7, 11) is -9.69. The van der Waals surface area contributed by atoms with Crippen LogP contribution >= 0.6 is 11.6 Å². The first-order valence-corrected chi connectivity index (χ1v) is 20.5. The van der Waals surface area contributed by atoms with Crippen LogP contribution in [0.4, 0.5) is 11.4 Å². The third-order valence-electron chi connectivity index (χ3n) is 8.08. The smallest absolute Gasteiger partial charge is 0.273 e. The lowest BCUT2D eigenvalue weighted by Crippen LogP contribution is -2.50. The molecule has 6 rings (SSSR count). The molecule has 0 saturated heterocycles. The summed E-state index contributed by atoms with van der Waals surface area (Å²) in [4.78, 5) is 18.0. The van der Waals surface area contributed by atoms with Gasteiger partial charge in [-0.05, 0) is 91.5 Å². The van der Waals surface area contributed by atoms with Gasteiger partial charge in [0.1, 0.15) is 23.0 Å². The second-order valence-corrected chi connectivity index (χ2v) is 17.6. The van der Waals surface area contributed by atoms with Crippen molar-refractivity contribution in [1.82, 2.24) is 9.03 Å². The van der Waals surface area contributed by atoms with Crippen LogP contribution in [0, 0.1) is 0 Å². The zero-order valence-corrected chi connectivity index (χ0v) is 31.2. The molecule has 0 saturated carbocycles. The number of sulfone groups is 1. The van der Waals surface area contributed by atoms with E-state index in [2.05, 4.69) is 15.0 Å². The summed E-state index contributed by atoms with van der Waals surface area (Å²) in [6.07, 6.45) is -1.77. The van der Waals surface area contributed by atoms with Crippen molar-refractivity contribution >= 4 is 64.6 Å². The van der Waals surface area contributed by atoms with Crippen LogP contribution < -0.4 is 19.5 Å². The number of anilines is 1. The van der Waals surface area contributed by atoms with Crippen LogP contribution in [0.2, 0.25) is 5.02 Å². The number of carbonyl (C=O) groups excluding carboxylic acids is 1. The molecule has 2 N–H and O–H groups in total. The number of rotatable bonds is 12. The Bertz CT molecular complexity index is 2530. The molecule has 5 aromatic rings. The molecule has 5 aromatic carbocycles. The van der Waals surface area contributed by atoms with Gasteiger partial charge in [0.15, 0.2) is 5.84 Å². The van der Waals surface area contributed by atoms with E-state index in [4.69, 9.17) is 21.1 Å². The number of para-hydroxylation sites is 1. The molecule has 0 bridgehead atoms. The van der Waals surface area contributed by atoms with Gasteiger partial charge in [0.05, 0.1) is 31.1 Å². The van der Waals surface area contributed by atoms with Crippen LogP contribution in [0.25, 0.3) is 0 Å². The van der Waals surface area contributed by atoms with E-state index in [-0.39, 0.29) is 47.6 Å². The highest BCUT2D eigenvalue weighted by molar-refractivity contribution is 7.91. The number of carbonyl (C=O) groups is 1. The number of likely N-dealkylation sites (N-methyl/N-ethyl adjacent to an activating group) is 1. The van der Waals surface area contributed by atoms with Crippen LogP contribution in [0.3, 0.4) is 0 Å². The Morgan fingerprint density at radius 3 is 2.04 bits per heavy atom. The Labute approximate surface area is 311 Å². The molecule has 17 heteroatoms. The fraction of sp³-hybridized carbons (Fsp3) is 0.111. The summed E-state index contributed by atoms with van der Waals surface area (Å²) in [6, 6.07) is 30.2. The summed E-state index contributed by atoms with van der Waals surface area (Å²) in [6.45, 7) is 0.311. The van der Waals surface area contributed by atoms with E-state index in [1.807, 2.05) is 30.3 Å². The number of aliphatic imine (C=N–C) groups is 1. The Balaban J connectivity index is 1.29. The minimum Gasteiger partial charge on any atom is -0.489 e. The molecule has 0 aliphatic carbocycles. The molecule has 53 heavy (non-hydrogen) atoms. The average molecular weight is 795 g/mol.